The van der Waals surface area contributed by atoms with Crippen LogP contribution in [0.25, 0.3) is 5.69 Å². The van der Waals surface area contributed by atoms with Crippen LogP contribution in [-0.4, -0.2) is 14.7 Å². The topological polar surface area (TPSA) is 33.1 Å². The summed E-state index contributed by atoms with van der Waals surface area (Å²) in [7, 11) is 0. The molecule has 2 atom stereocenters. The Balaban J connectivity index is 1.73. The van der Waals surface area contributed by atoms with Gasteiger partial charge in [0.05, 0.1) is 29.2 Å². The fraction of sp³-hybridized carbons (Fsp3) is 0.241. The molecule has 1 aliphatic rings. The van der Waals surface area contributed by atoms with Gasteiger partial charge in [-0.1, -0.05) is 35.9 Å². The number of hydrogen-bond donors (Lipinski definition) is 1. The number of rotatable bonds is 4. The molecular formula is C29H29FN4S. The molecule has 0 spiro atoms. The van der Waals surface area contributed by atoms with Crippen LogP contribution in [0.5, 0.6) is 0 Å². The first-order chi connectivity index (χ1) is 16.8. The third-order valence-electron chi connectivity index (χ3n) is 6.86. The van der Waals surface area contributed by atoms with Gasteiger partial charge >= 0.3 is 0 Å². The summed E-state index contributed by atoms with van der Waals surface area (Å²) in [6, 6.07) is 18.8. The van der Waals surface area contributed by atoms with Gasteiger partial charge in [-0.2, -0.15) is 0 Å². The third kappa shape index (κ3) is 3.92. The maximum Gasteiger partial charge on any atom is 0.174 e. The van der Waals surface area contributed by atoms with Crippen LogP contribution in [0.1, 0.15) is 51.4 Å². The maximum absolute atomic E-state index is 15.1. The number of pyridine rings is 1. The Bertz CT molecular complexity index is 1400. The smallest absolute Gasteiger partial charge is 0.174 e. The summed E-state index contributed by atoms with van der Waals surface area (Å²) in [5, 5.41) is 3.93. The molecule has 0 saturated carbocycles. The first kappa shape index (κ1) is 23.2. The van der Waals surface area contributed by atoms with Crippen LogP contribution in [0.2, 0.25) is 0 Å². The third-order valence-corrected chi connectivity index (χ3v) is 7.17. The minimum Gasteiger partial charge on any atom is -0.351 e. The average molecular weight is 485 g/mol. The number of aryl methyl sites for hydroxylation is 4. The van der Waals surface area contributed by atoms with Crippen molar-refractivity contribution in [2.24, 2.45) is 0 Å². The molecule has 35 heavy (non-hydrogen) atoms. The largest absolute Gasteiger partial charge is 0.351 e. The van der Waals surface area contributed by atoms with Crippen LogP contribution in [0, 0.1) is 40.4 Å². The molecule has 1 fully saturated rings. The van der Waals surface area contributed by atoms with E-state index in [2.05, 4.69) is 67.7 Å². The Morgan fingerprint density at radius 1 is 0.914 bits per heavy atom. The van der Waals surface area contributed by atoms with Crippen LogP contribution < -0.4 is 10.2 Å². The number of nitrogens with zero attached hydrogens (tertiary/aromatic N) is 3. The second kappa shape index (κ2) is 8.93. The Labute approximate surface area is 211 Å². The van der Waals surface area contributed by atoms with Gasteiger partial charge in [0.1, 0.15) is 5.82 Å². The van der Waals surface area contributed by atoms with Gasteiger partial charge in [0.15, 0.2) is 5.11 Å². The van der Waals surface area contributed by atoms with E-state index >= 15 is 4.39 Å². The highest BCUT2D eigenvalue weighted by atomic mass is 32.1. The van der Waals surface area contributed by atoms with Crippen LogP contribution >= 0.6 is 12.2 Å². The van der Waals surface area contributed by atoms with Crippen molar-refractivity contribution in [3.63, 3.8) is 0 Å². The quantitative estimate of drug-likeness (QED) is 0.326. The van der Waals surface area contributed by atoms with E-state index in [1.807, 2.05) is 29.2 Å². The Kier molecular flexibility index (Phi) is 5.93. The first-order valence-electron chi connectivity index (χ1n) is 11.8. The standard InChI is InChI=1S/C29H29FN4S/c1-17-14-18(2)27(19(3)15-17)33-20(4)16-22(21(33)5)28-26(24-11-8-9-13-31-24)32-29(35)34(28)25-12-7-6-10-23(25)30/h6-16,26,28H,1-5H3,(H,32,35)/t26-,28-/m1/s1. The highest BCUT2D eigenvalue weighted by Crippen LogP contribution is 2.44. The molecule has 178 valence electrons. The zero-order valence-corrected chi connectivity index (χ0v) is 21.4. The van der Waals surface area contributed by atoms with Gasteiger partial charge in [0.2, 0.25) is 0 Å². The van der Waals surface area contributed by atoms with Crippen molar-refractivity contribution >= 4 is 23.0 Å². The van der Waals surface area contributed by atoms with Gasteiger partial charge in [-0.15, -0.1) is 0 Å². The van der Waals surface area contributed by atoms with Crippen molar-refractivity contribution in [3.8, 4) is 5.69 Å². The summed E-state index contributed by atoms with van der Waals surface area (Å²) in [6.45, 7) is 10.7. The molecule has 0 amide bonds. The van der Waals surface area contributed by atoms with E-state index in [1.54, 1.807) is 18.3 Å². The summed E-state index contributed by atoms with van der Waals surface area (Å²) in [4.78, 5) is 6.53. The van der Waals surface area contributed by atoms with E-state index in [4.69, 9.17) is 12.2 Å². The summed E-state index contributed by atoms with van der Waals surface area (Å²) in [5.74, 6) is -0.303. The lowest BCUT2D eigenvalue weighted by Crippen LogP contribution is -2.30. The van der Waals surface area contributed by atoms with E-state index in [-0.39, 0.29) is 17.9 Å². The molecule has 4 aromatic rings. The lowest BCUT2D eigenvalue weighted by Gasteiger charge is -2.28. The van der Waals surface area contributed by atoms with Crippen molar-refractivity contribution in [2.75, 3.05) is 4.90 Å². The lowest BCUT2D eigenvalue weighted by atomic mass is 9.96. The highest BCUT2D eigenvalue weighted by molar-refractivity contribution is 7.80. The monoisotopic (exact) mass is 484 g/mol. The molecule has 3 heterocycles. The van der Waals surface area contributed by atoms with Gasteiger partial charge < -0.3 is 14.8 Å². The van der Waals surface area contributed by atoms with E-state index in [0.29, 0.717) is 10.8 Å². The molecule has 1 aliphatic heterocycles. The molecule has 0 radical (unpaired) electrons. The van der Waals surface area contributed by atoms with Crippen molar-refractivity contribution in [3.05, 3.63) is 112 Å². The maximum atomic E-state index is 15.1. The van der Waals surface area contributed by atoms with Crippen LogP contribution in [0.4, 0.5) is 10.1 Å². The fourth-order valence-corrected chi connectivity index (χ4v) is 5.87. The van der Waals surface area contributed by atoms with E-state index < -0.39 is 0 Å². The molecular weight excluding hydrogens is 455 g/mol. The predicted molar refractivity (Wildman–Crippen MR) is 144 cm³/mol. The summed E-state index contributed by atoms with van der Waals surface area (Å²) in [6.07, 6.45) is 1.78. The van der Waals surface area contributed by atoms with Crippen LogP contribution in [-0.2, 0) is 0 Å². The molecule has 0 unspecified atom stereocenters. The molecule has 1 saturated heterocycles. The minimum absolute atomic E-state index is 0.225. The number of para-hydroxylation sites is 1. The van der Waals surface area contributed by atoms with Crippen molar-refractivity contribution in [1.29, 1.82) is 0 Å². The predicted octanol–water partition coefficient (Wildman–Crippen LogP) is 6.73. The van der Waals surface area contributed by atoms with Crippen molar-refractivity contribution < 1.29 is 4.39 Å². The SMILES string of the molecule is Cc1cc(C)c(-n2c(C)cc([C@@H]3[C@@H](c4ccccn4)NC(=S)N3c3ccccc3F)c2C)c(C)c1. The fourth-order valence-electron chi connectivity index (χ4n) is 5.53. The van der Waals surface area contributed by atoms with E-state index in [0.717, 1.165) is 22.6 Å². The number of anilines is 1. The summed E-state index contributed by atoms with van der Waals surface area (Å²) < 4.78 is 17.4. The zero-order valence-electron chi connectivity index (χ0n) is 20.6. The van der Waals surface area contributed by atoms with Gasteiger partial charge in [0, 0.05) is 17.6 Å². The zero-order chi connectivity index (χ0) is 24.9. The molecule has 1 N–H and O–H groups in total. The lowest BCUT2D eigenvalue weighted by molar-refractivity contribution is 0.556. The van der Waals surface area contributed by atoms with Crippen LogP contribution in [0.3, 0.4) is 0 Å². The Morgan fingerprint density at radius 2 is 1.60 bits per heavy atom. The van der Waals surface area contributed by atoms with Gasteiger partial charge in [-0.3, -0.25) is 4.98 Å². The highest BCUT2D eigenvalue weighted by Gasteiger charge is 2.43. The number of nitrogens with one attached hydrogen (secondary N) is 1. The van der Waals surface area contributed by atoms with Gasteiger partial charge in [-0.25, -0.2) is 4.39 Å². The molecule has 5 rings (SSSR count). The minimum atomic E-state index is -0.303. The normalized spacial score (nSPS) is 17.7. The Hall–Kier alpha value is -3.51. The summed E-state index contributed by atoms with van der Waals surface area (Å²) >= 11 is 5.78. The van der Waals surface area contributed by atoms with Crippen LogP contribution in [0.15, 0.2) is 66.9 Å². The summed E-state index contributed by atoms with van der Waals surface area (Å²) in [5.41, 5.74) is 9.54. The molecule has 4 nitrogen and oxygen atoms in total. The second-order valence-corrected chi connectivity index (χ2v) is 9.74. The Morgan fingerprint density at radius 3 is 2.26 bits per heavy atom. The molecule has 0 aliphatic carbocycles. The van der Waals surface area contributed by atoms with Gasteiger partial charge in [-0.05, 0) is 93.9 Å². The number of thiocarbonyl (C=S) groups is 1. The second-order valence-electron chi connectivity index (χ2n) is 9.36. The molecule has 6 heteroatoms. The van der Waals surface area contributed by atoms with Gasteiger partial charge in [0.25, 0.3) is 0 Å². The van der Waals surface area contributed by atoms with E-state index in [1.165, 1.54) is 28.4 Å². The van der Waals surface area contributed by atoms with Crippen molar-refractivity contribution in [1.82, 2.24) is 14.9 Å². The number of halogens is 1. The molecule has 2 aromatic carbocycles. The first-order valence-corrected chi connectivity index (χ1v) is 12.2. The molecule has 2 aromatic heterocycles. The molecule has 0 bridgehead atoms. The van der Waals surface area contributed by atoms with Crippen molar-refractivity contribution in [2.45, 2.75) is 46.7 Å². The number of benzene rings is 2. The van der Waals surface area contributed by atoms with E-state index in [9.17, 15) is 0 Å². The number of hydrogen-bond acceptors (Lipinski definition) is 2. The number of aromatic nitrogens is 2. The average Bonchev–Trinajstić information content (AvgIpc) is 3.30.